The predicted molar refractivity (Wildman–Crippen MR) is 85.7 cm³/mol. The van der Waals surface area contributed by atoms with Crippen LogP contribution < -0.4 is 10.1 Å². The Labute approximate surface area is 125 Å². The topological polar surface area (TPSA) is 21.3 Å². The number of hydrogen-bond donors (Lipinski definition) is 1. The Morgan fingerprint density at radius 2 is 1.85 bits per heavy atom. The highest BCUT2D eigenvalue weighted by Gasteiger charge is 2.06. The monoisotopic (exact) mass is 289 g/mol. The Balaban J connectivity index is 2.13. The van der Waals surface area contributed by atoms with E-state index < -0.39 is 0 Å². The van der Waals surface area contributed by atoms with E-state index in [1.54, 1.807) is 0 Å². The van der Waals surface area contributed by atoms with Crippen LogP contribution in [0, 0.1) is 6.92 Å². The van der Waals surface area contributed by atoms with Crippen LogP contribution >= 0.6 is 11.6 Å². The van der Waals surface area contributed by atoms with Crippen molar-refractivity contribution in [3.63, 3.8) is 0 Å². The first-order valence-corrected chi connectivity index (χ1v) is 7.19. The van der Waals surface area contributed by atoms with Crippen LogP contribution in [0.1, 0.15) is 25.0 Å². The van der Waals surface area contributed by atoms with Crippen LogP contribution in [0.2, 0.25) is 5.02 Å². The van der Waals surface area contributed by atoms with Crippen molar-refractivity contribution in [3.8, 4) is 5.75 Å². The maximum atomic E-state index is 6.13. The maximum Gasteiger partial charge on any atom is 0.124 e. The first-order chi connectivity index (χ1) is 9.58. The highest BCUT2D eigenvalue weighted by Crippen LogP contribution is 2.25. The van der Waals surface area contributed by atoms with Gasteiger partial charge >= 0.3 is 0 Å². The second kappa shape index (κ2) is 6.67. The minimum atomic E-state index is 0.170. The Kier molecular flexibility index (Phi) is 4.91. The zero-order chi connectivity index (χ0) is 14.5. The molecule has 2 aromatic rings. The van der Waals surface area contributed by atoms with Crippen LogP contribution in [-0.2, 0) is 6.54 Å². The summed E-state index contributed by atoms with van der Waals surface area (Å²) in [5.41, 5.74) is 3.26. The van der Waals surface area contributed by atoms with Gasteiger partial charge in [-0.3, -0.25) is 0 Å². The first-order valence-electron chi connectivity index (χ1n) is 6.81. The molecule has 0 unspecified atom stereocenters. The lowest BCUT2D eigenvalue weighted by Crippen LogP contribution is -2.09. The predicted octanol–water partition coefficient (Wildman–Crippen LogP) is 5.05. The number of halogens is 1. The van der Waals surface area contributed by atoms with Gasteiger partial charge in [0.25, 0.3) is 0 Å². The molecule has 0 spiro atoms. The van der Waals surface area contributed by atoms with E-state index in [9.17, 15) is 0 Å². The Morgan fingerprint density at radius 3 is 2.60 bits per heavy atom. The standard InChI is InChI=1S/C17H20ClNO/c1-12(2)20-17-10-5-4-7-14(17)11-19-16-9-6-8-15(18)13(16)3/h4-10,12,19H,11H2,1-3H3. The van der Waals surface area contributed by atoms with Gasteiger partial charge in [-0.05, 0) is 44.5 Å². The van der Waals surface area contributed by atoms with E-state index in [4.69, 9.17) is 16.3 Å². The van der Waals surface area contributed by atoms with Crippen LogP contribution in [0.25, 0.3) is 0 Å². The summed E-state index contributed by atoms with van der Waals surface area (Å²) in [6.45, 7) is 6.79. The molecule has 0 aromatic heterocycles. The van der Waals surface area contributed by atoms with Gasteiger partial charge in [0, 0.05) is 22.8 Å². The molecule has 0 saturated heterocycles. The fraction of sp³-hybridized carbons (Fsp3) is 0.294. The van der Waals surface area contributed by atoms with E-state index in [-0.39, 0.29) is 6.10 Å². The molecule has 0 radical (unpaired) electrons. The molecule has 2 rings (SSSR count). The molecule has 3 heteroatoms. The number of hydrogen-bond acceptors (Lipinski definition) is 2. The molecule has 0 atom stereocenters. The summed E-state index contributed by atoms with van der Waals surface area (Å²) in [6.07, 6.45) is 0.170. The van der Waals surface area contributed by atoms with Gasteiger partial charge in [0.2, 0.25) is 0 Å². The molecule has 0 saturated carbocycles. The zero-order valence-corrected chi connectivity index (χ0v) is 12.9. The van der Waals surface area contributed by atoms with Crippen LogP contribution in [0.3, 0.4) is 0 Å². The van der Waals surface area contributed by atoms with Crippen molar-refractivity contribution in [2.75, 3.05) is 5.32 Å². The van der Waals surface area contributed by atoms with Gasteiger partial charge in [0.05, 0.1) is 6.10 Å². The van der Waals surface area contributed by atoms with Crippen LogP contribution in [-0.4, -0.2) is 6.10 Å². The Morgan fingerprint density at radius 1 is 1.10 bits per heavy atom. The van der Waals surface area contributed by atoms with Gasteiger partial charge in [-0.2, -0.15) is 0 Å². The van der Waals surface area contributed by atoms with Crippen molar-refractivity contribution in [1.29, 1.82) is 0 Å². The second-order valence-corrected chi connectivity index (χ2v) is 5.45. The second-order valence-electron chi connectivity index (χ2n) is 5.04. The minimum absolute atomic E-state index is 0.170. The first kappa shape index (κ1) is 14.7. The number of rotatable bonds is 5. The quantitative estimate of drug-likeness (QED) is 0.832. The maximum absolute atomic E-state index is 6.13. The molecule has 0 aliphatic rings. The molecule has 0 amide bonds. The van der Waals surface area contributed by atoms with E-state index in [0.29, 0.717) is 6.54 Å². The number of benzene rings is 2. The summed E-state index contributed by atoms with van der Waals surface area (Å²) in [4.78, 5) is 0. The third kappa shape index (κ3) is 3.67. The van der Waals surface area contributed by atoms with Gasteiger partial charge in [-0.15, -0.1) is 0 Å². The summed E-state index contributed by atoms with van der Waals surface area (Å²) >= 11 is 6.13. The molecule has 1 N–H and O–H groups in total. The third-order valence-electron chi connectivity index (χ3n) is 3.07. The Hall–Kier alpha value is -1.67. The van der Waals surface area contributed by atoms with Crippen molar-refractivity contribution < 1.29 is 4.74 Å². The number of nitrogens with one attached hydrogen (secondary N) is 1. The highest BCUT2D eigenvalue weighted by molar-refractivity contribution is 6.31. The molecule has 2 nitrogen and oxygen atoms in total. The van der Waals surface area contributed by atoms with Crippen LogP contribution in [0.5, 0.6) is 5.75 Å². The van der Waals surface area contributed by atoms with Gasteiger partial charge in [0.1, 0.15) is 5.75 Å². The fourth-order valence-corrected chi connectivity index (χ4v) is 2.18. The van der Waals surface area contributed by atoms with Crippen molar-refractivity contribution in [2.45, 2.75) is 33.4 Å². The van der Waals surface area contributed by atoms with Crippen LogP contribution in [0.4, 0.5) is 5.69 Å². The van der Waals surface area contributed by atoms with Crippen molar-refractivity contribution in [2.24, 2.45) is 0 Å². The average Bonchev–Trinajstić information content (AvgIpc) is 2.41. The van der Waals surface area contributed by atoms with Gasteiger partial charge < -0.3 is 10.1 Å². The number of anilines is 1. The van der Waals surface area contributed by atoms with E-state index in [1.807, 2.05) is 57.2 Å². The molecule has 0 fully saturated rings. The molecule has 0 heterocycles. The van der Waals surface area contributed by atoms with E-state index >= 15 is 0 Å². The van der Waals surface area contributed by atoms with Crippen molar-refractivity contribution >= 4 is 17.3 Å². The molecule has 2 aromatic carbocycles. The summed E-state index contributed by atoms with van der Waals surface area (Å²) in [6, 6.07) is 14.0. The lowest BCUT2D eigenvalue weighted by atomic mass is 10.1. The smallest absolute Gasteiger partial charge is 0.124 e. The molecule has 0 aliphatic heterocycles. The average molecular weight is 290 g/mol. The number of ether oxygens (including phenoxy) is 1. The van der Waals surface area contributed by atoms with E-state index in [0.717, 1.165) is 27.6 Å². The molecule has 0 aliphatic carbocycles. The summed E-state index contributed by atoms with van der Waals surface area (Å²) in [5, 5.41) is 4.20. The molecule has 0 bridgehead atoms. The zero-order valence-electron chi connectivity index (χ0n) is 12.1. The molecular weight excluding hydrogens is 270 g/mol. The van der Waals surface area contributed by atoms with E-state index in [1.165, 1.54) is 0 Å². The highest BCUT2D eigenvalue weighted by atomic mass is 35.5. The van der Waals surface area contributed by atoms with Crippen molar-refractivity contribution in [1.82, 2.24) is 0 Å². The third-order valence-corrected chi connectivity index (χ3v) is 3.48. The largest absolute Gasteiger partial charge is 0.491 e. The normalized spacial score (nSPS) is 10.7. The Bertz CT molecular complexity index is 581. The summed E-state index contributed by atoms with van der Waals surface area (Å²) < 4.78 is 5.82. The van der Waals surface area contributed by atoms with Gasteiger partial charge in [-0.1, -0.05) is 35.9 Å². The lowest BCUT2D eigenvalue weighted by Gasteiger charge is -2.16. The lowest BCUT2D eigenvalue weighted by molar-refractivity contribution is 0.240. The van der Waals surface area contributed by atoms with E-state index in [2.05, 4.69) is 11.4 Å². The SMILES string of the molecule is Cc1c(Cl)cccc1NCc1ccccc1OC(C)C. The molecule has 20 heavy (non-hydrogen) atoms. The van der Waals surface area contributed by atoms with Gasteiger partial charge in [0.15, 0.2) is 0 Å². The molecule has 106 valence electrons. The van der Waals surface area contributed by atoms with Gasteiger partial charge in [-0.25, -0.2) is 0 Å². The molecular formula is C17H20ClNO. The van der Waals surface area contributed by atoms with Crippen LogP contribution in [0.15, 0.2) is 42.5 Å². The number of para-hydroxylation sites is 1. The fourth-order valence-electron chi connectivity index (χ4n) is 2.01. The summed E-state index contributed by atoms with van der Waals surface area (Å²) in [5.74, 6) is 0.926. The summed E-state index contributed by atoms with van der Waals surface area (Å²) in [7, 11) is 0. The minimum Gasteiger partial charge on any atom is -0.491 e. The van der Waals surface area contributed by atoms with Crippen molar-refractivity contribution in [3.05, 3.63) is 58.6 Å².